The molecule has 0 saturated carbocycles. The van der Waals surface area contributed by atoms with E-state index < -0.39 is 0 Å². The number of amides is 1. The number of rotatable bonds is 4. The summed E-state index contributed by atoms with van der Waals surface area (Å²) in [4.78, 5) is 11.7. The number of aromatic nitrogens is 1. The van der Waals surface area contributed by atoms with E-state index in [0.29, 0.717) is 17.3 Å². The normalized spacial score (nSPS) is 10.5. The van der Waals surface area contributed by atoms with Gasteiger partial charge in [-0.05, 0) is 36.2 Å². The van der Waals surface area contributed by atoms with E-state index in [2.05, 4.69) is 12.3 Å². The van der Waals surface area contributed by atoms with Crippen molar-refractivity contribution < 1.29 is 4.79 Å². The van der Waals surface area contributed by atoms with Crippen molar-refractivity contribution >= 4 is 17.5 Å². The molecule has 1 heterocycles. The summed E-state index contributed by atoms with van der Waals surface area (Å²) >= 11 is 5.87. The molecule has 1 aromatic heterocycles. The quantitative estimate of drug-likeness (QED) is 0.512. The first-order valence-electron chi connectivity index (χ1n) is 6.09. The molecular formula is C14H16ClN3O. The van der Waals surface area contributed by atoms with Crippen molar-refractivity contribution in [3.8, 4) is 0 Å². The van der Waals surface area contributed by atoms with Gasteiger partial charge in [0.05, 0.1) is 0 Å². The maximum atomic E-state index is 11.7. The lowest BCUT2D eigenvalue weighted by Crippen LogP contribution is -2.32. The minimum atomic E-state index is -0.284. The number of hydrazine groups is 1. The Balaban J connectivity index is 2.34. The summed E-state index contributed by atoms with van der Waals surface area (Å²) in [5.41, 5.74) is 4.91. The first-order chi connectivity index (χ1) is 9.15. The van der Waals surface area contributed by atoms with E-state index in [1.54, 1.807) is 6.07 Å². The van der Waals surface area contributed by atoms with Gasteiger partial charge in [0.2, 0.25) is 0 Å². The Morgan fingerprint density at radius 3 is 2.53 bits per heavy atom. The predicted molar refractivity (Wildman–Crippen MR) is 76.0 cm³/mol. The van der Waals surface area contributed by atoms with Gasteiger partial charge < -0.3 is 4.57 Å². The number of nitrogen functional groups attached to an aromatic ring is 1. The van der Waals surface area contributed by atoms with Crippen LogP contribution >= 0.6 is 11.6 Å². The number of carbonyl (C=O) groups is 1. The Morgan fingerprint density at radius 1 is 1.26 bits per heavy atom. The van der Waals surface area contributed by atoms with E-state index in [0.717, 1.165) is 17.7 Å². The minimum absolute atomic E-state index is 0.284. The van der Waals surface area contributed by atoms with Crippen LogP contribution in [0.15, 0.2) is 36.4 Å². The summed E-state index contributed by atoms with van der Waals surface area (Å²) in [6.07, 6.45) is 0.853. The fourth-order valence-corrected chi connectivity index (χ4v) is 2.18. The zero-order valence-electron chi connectivity index (χ0n) is 10.7. The van der Waals surface area contributed by atoms with E-state index in [1.807, 2.05) is 34.9 Å². The molecule has 3 N–H and O–H groups in total. The van der Waals surface area contributed by atoms with Gasteiger partial charge in [-0.15, -0.1) is 0 Å². The lowest BCUT2D eigenvalue weighted by Gasteiger charge is -2.12. The molecule has 0 unspecified atom stereocenters. The van der Waals surface area contributed by atoms with Crippen molar-refractivity contribution in [3.05, 3.63) is 58.4 Å². The summed E-state index contributed by atoms with van der Waals surface area (Å²) < 4.78 is 1.96. The molecule has 0 atom stereocenters. The van der Waals surface area contributed by atoms with E-state index in [4.69, 9.17) is 17.4 Å². The summed E-state index contributed by atoms with van der Waals surface area (Å²) in [6.45, 7) is 2.67. The van der Waals surface area contributed by atoms with Gasteiger partial charge in [-0.25, -0.2) is 5.84 Å². The molecule has 2 rings (SSSR count). The second-order valence-electron chi connectivity index (χ2n) is 4.25. The molecule has 0 aliphatic heterocycles. The van der Waals surface area contributed by atoms with Crippen LogP contribution in [0, 0.1) is 0 Å². The molecule has 0 saturated heterocycles. The third kappa shape index (κ3) is 2.97. The third-order valence-electron chi connectivity index (χ3n) is 3.05. The van der Waals surface area contributed by atoms with Gasteiger partial charge in [0.25, 0.3) is 5.91 Å². The van der Waals surface area contributed by atoms with Crippen LogP contribution in [-0.4, -0.2) is 10.5 Å². The van der Waals surface area contributed by atoms with Crippen LogP contribution in [-0.2, 0) is 13.0 Å². The first kappa shape index (κ1) is 13.6. The molecule has 4 nitrogen and oxygen atoms in total. The molecule has 0 fully saturated rings. The predicted octanol–water partition coefficient (Wildman–Crippen LogP) is 2.36. The van der Waals surface area contributed by atoms with Crippen LogP contribution < -0.4 is 11.3 Å². The number of nitrogens with two attached hydrogens (primary N) is 1. The Kier molecular flexibility index (Phi) is 4.24. The van der Waals surface area contributed by atoms with Gasteiger partial charge in [0.1, 0.15) is 5.69 Å². The van der Waals surface area contributed by atoms with Gasteiger partial charge in [-0.2, -0.15) is 0 Å². The van der Waals surface area contributed by atoms with Crippen LogP contribution in [0.5, 0.6) is 0 Å². The lowest BCUT2D eigenvalue weighted by atomic mass is 10.2. The van der Waals surface area contributed by atoms with E-state index >= 15 is 0 Å². The van der Waals surface area contributed by atoms with E-state index in [-0.39, 0.29) is 5.91 Å². The summed E-state index contributed by atoms with van der Waals surface area (Å²) in [7, 11) is 0. The summed E-state index contributed by atoms with van der Waals surface area (Å²) in [5, 5.41) is 0.701. The van der Waals surface area contributed by atoms with Crippen LogP contribution in [0.4, 0.5) is 0 Å². The SMILES string of the molecule is CCc1ccc(C(=O)NN)n1Cc1ccc(Cl)cc1. The summed E-state index contributed by atoms with van der Waals surface area (Å²) in [5.74, 6) is 4.92. The maximum absolute atomic E-state index is 11.7. The number of carbonyl (C=O) groups excluding carboxylic acids is 1. The Bertz CT molecular complexity index is 575. The molecule has 1 amide bonds. The third-order valence-corrected chi connectivity index (χ3v) is 3.30. The fraction of sp³-hybridized carbons (Fsp3) is 0.214. The second-order valence-corrected chi connectivity index (χ2v) is 4.69. The van der Waals surface area contributed by atoms with Crippen LogP contribution in [0.1, 0.15) is 28.7 Å². The van der Waals surface area contributed by atoms with Crippen LogP contribution in [0.3, 0.4) is 0 Å². The van der Waals surface area contributed by atoms with Crippen molar-refractivity contribution in [1.82, 2.24) is 9.99 Å². The van der Waals surface area contributed by atoms with Crippen molar-refractivity contribution in [1.29, 1.82) is 0 Å². The van der Waals surface area contributed by atoms with E-state index in [1.165, 1.54) is 0 Å². The maximum Gasteiger partial charge on any atom is 0.281 e. The number of benzene rings is 1. The van der Waals surface area contributed by atoms with Crippen molar-refractivity contribution in [3.63, 3.8) is 0 Å². The molecule has 0 aliphatic rings. The largest absolute Gasteiger partial charge is 0.336 e. The molecule has 100 valence electrons. The number of hydrogen-bond donors (Lipinski definition) is 2. The van der Waals surface area contributed by atoms with Gasteiger partial charge in [-0.1, -0.05) is 30.7 Å². The zero-order chi connectivity index (χ0) is 13.8. The zero-order valence-corrected chi connectivity index (χ0v) is 11.4. The molecule has 0 radical (unpaired) electrons. The highest BCUT2D eigenvalue weighted by atomic mass is 35.5. The van der Waals surface area contributed by atoms with E-state index in [9.17, 15) is 4.79 Å². The van der Waals surface area contributed by atoms with Crippen molar-refractivity contribution in [2.45, 2.75) is 19.9 Å². The smallest absolute Gasteiger partial charge is 0.281 e. The van der Waals surface area contributed by atoms with Gasteiger partial charge in [0.15, 0.2) is 0 Å². The number of aryl methyl sites for hydroxylation is 1. The molecule has 5 heteroatoms. The molecule has 2 aromatic rings. The number of halogens is 1. The number of nitrogens with zero attached hydrogens (tertiary/aromatic N) is 1. The van der Waals surface area contributed by atoms with Gasteiger partial charge >= 0.3 is 0 Å². The minimum Gasteiger partial charge on any atom is -0.336 e. The van der Waals surface area contributed by atoms with Crippen LogP contribution in [0.25, 0.3) is 0 Å². The lowest BCUT2D eigenvalue weighted by molar-refractivity contribution is 0.0944. The fourth-order valence-electron chi connectivity index (χ4n) is 2.05. The highest BCUT2D eigenvalue weighted by Crippen LogP contribution is 2.15. The molecular weight excluding hydrogens is 262 g/mol. The van der Waals surface area contributed by atoms with Gasteiger partial charge in [-0.3, -0.25) is 10.2 Å². The first-order valence-corrected chi connectivity index (χ1v) is 6.47. The second kappa shape index (κ2) is 5.91. The molecule has 19 heavy (non-hydrogen) atoms. The Hall–Kier alpha value is -1.78. The number of hydrogen-bond acceptors (Lipinski definition) is 2. The Labute approximate surface area is 117 Å². The average molecular weight is 278 g/mol. The Morgan fingerprint density at radius 2 is 1.95 bits per heavy atom. The standard InChI is InChI=1S/C14H16ClN3O/c1-2-12-7-8-13(14(19)17-16)18(12)9-10-3-5-11(15)6-4-10/h3-8H,2,9,16H2,1H3,(H,17,19). The summed E-state index contributed by atoms with van der Waals surface area (Å²) in [6, 6.07) is 11.3. The van der Waals surface area contributed by atoms with Gasteiger partial charge in [0, 0.05) is 17.3 Å². The molecule has 0 bridgehead atoms. The average Bonchev–Trinajstić information content (AvgIpc) is 2.83. The molecule has 0 aliphatic carbocycles. The highest BCUT2D eigenvalue weighted by Gasteiger charge is 2.13. The molecule has 1 aromatic carbocycles. The highest BCUT2D eigenvalue weighted by molar-refractivity contribution is 6.30. The molecule has 0 spiro atoms. The topological polar surface area (TPSA) is 60.1 Å². The number of nitrogens with one attached hydrogen (secondary N) is 1. The van der Waals surface area contributed by atoms with Crippen LogP contribution in [0.2, 0.25) is 5.02 Å². The van der Waals surface area contributed by atoms with Crippen molar-refractivity contribution in [2.24, 2.45) is 5.84 Å². The van der Waals surface area contributed by atoms with Crippen molar-refractivity contribution in [2.75, 3.05) is 0 Å². The monoisotopic (exact) mass is 277 g/mol.